The molecule has 0 N–H and O–H groups in total. The zero-order valence-corrected chi connectivity index (χ0v) is 30.5. The first-order valence-electron chi connectivity index (χ1n) is 19.5. The van der Waals surface area contributed by atoms with Crippen molar-refractivity contribution in [2.24, 2.45) is 0 Å². The average Bonchev–Trinajstić information content (AvgIpc) is 2.99. The second-order valence-corrected chi connectivity index (χ2v) is 13.4. The van der Waals surface area contributed by atoms with E-state index in [-0.39, 0.29) is 12.4 Å². The third-order valence-electron chi connectivity index (χ3n) is 9.11. The molecule has 0 rings (SSSR count). The topological polar surface area (TPSA) is 0 Å². The fourth-order valence-corrected chi connectivity index (χ4v) is 6.14. The molecule has 0 bridgehead atoms. The number of allylic oxidation sites excluding steroid dienone is 2. The lowest BCUT2D eigenvalue weighted by Crippen LogP contribution is -3.00. The van der Waals surface area contributed by atoms with Gasteiger partial charge in [0.1, 0.15) is 0 Å². The molecule has 0 saturated carbocycles. The maximum atomic E-state index is 2.59. The molecule has 1 nitrogen and oxygen atoms in total. The van der Waals surface area contributed by atoms with Gasteiger partial charge in [0.05, 0.1) is 25.5 Å². The number of quaternary nitrogens is 1. The summed E-state index contributed by atoms with van der Waals surface area (Å²) in [5.74, 6) is 0. The van der Waals surface area contributed by atoms with Gasteiger partial charge in [-0.1, -0.05) is 182 Å². The van der Waals surface area contributed by atoms with E-state index in [1.807, 2.05) is 0 Å². The lowest BCUT2D eigenvalue weighted by atomic mass is 10.0. The number of hydrogen-bond donors (Lipinski definition) is 0. The van der Waals surface area contributed by atoms with Crippen LogP contribution in [0.5, 0.6) is 0 Å². The first-order valence-corrected chi connectivity index (χ1v) is 19.5. The molecular weight excluding hydrogens is 530 g/mol. The maximum absolute atomic E-state index is 2.59. The molecule has 0 atom stereocenters. The largest absolute Gasteiger partial charge is 1.00 e. The third-order valence-corrected chi connectivity index (χ3v) is 9.11. The molecule has 0 aliphatic rings. The zero-order chi connectivity index (χ0) is 30.0. The third kappa shape index (κ3) is 31.2. The van der Waals surface area contributed by atoms with E-state index in [0.29, 0.717) is 0 Å². The van der Waals surface area contributed by atoms with Gasteiger partial charge in [0.15, 0.2) is 0 Å². The quantitative estimate of drug-likeness (QED) is 0.0502. The molecule has 0 aromatic heterocycles. The Morgan fingerprint density at radius 1 is 0.310 bits per heavy atom. The summed E-state index contributed by atoms with van der Waals surface area (Å²) >= 11 is 0. The number of halogens is 1. The molecule has 0 saturated heterocycles. The molecule has 0 aromatic rings. The number of rotatable bonds is 34. The van der Waals surface area contributed by atoms with Crippen LogP contribution in [0, 0.1) is 0 Å². The highest BCUT2D eigenvalue weighted by Gasteiger charge is 2.20. The van der Waals surface area contributed by atoms with Crippen molar-refractivity contribution >= 4 is 0 Å². The van der Waals surface area contributed by atoms with Gasteiger partial charge in [0.2, 0.25) is 0 Å². The Morgan fingerprint density at radius 2 is 0.548 bits per heavy atom. The summed E-state index contributed by atoms with van der Waals surface area (Å²) in [6.45, 7) is 11.9. The van der Waals surface area contributed by atoms with Gasteiger partial charge in [0, 0.05) is 0 Å². The monoisotopic (exact) mass is 610 g/mol. The van der Waals surface area contributed by atoms with Crippen molar-refractivity contribution in [3.8, 4) is 0 Å². The molecule has 0 aromatic carbocycles. The Hall–Kier alpha value is -0.270. The van der Waals surface area contributed by atoms with Crippen LogP contribution in [-0.2, 0) is 0 Å². The van der Waals surface area contributed by atoms with Crippen molar-refractivity contribution in [1.29, 1.82) is 0 Å². The Morgan fingerprint density at radius 3 is 0.810 bits per heavy atom. The number of nitrogens with zero attached hydrogens (tertiary/aromatic N) is 1. The van der Waals surface area contributed by atoms with Crippen molar-refractivity contribution in [2.45, 2.75) is 220 Å². The fraction of sp³-hybridized carbons (Fsp3) is 0.900. The normalized spacial score (nSPS) is 12.1. The lowest BCUT2D eigenvalue weighted by molar-refractivity contribution is -0.829. The Kier molecular flexibility index (Phi) is 38.6. The van der Waals surface area contributed by atoms with Crippen molar-refractivity contribution in [2.75, 3.05) is 13.1 Å². The Bertz CT molecular complexity index is 492. The molecule has 0 aliphatic carbocycles. The molecular formula is C40H80ClN. The predicted molar refractivity (Wildman–Crippen MR) is 189 cm³/mol. The van der Waals surface area contributed by atoms with Crippen LogP contribution in [0.25, 0.3) is 0 Å². The van der Waals surface area contributed by atoms with E-state index in [1.54, 1.807) is 0 Å². The van der Waals surface area contributed by atoms with Crippen molar-refractivity contribution < 1.29 is 16.9 Å². The predicted octanol–water partition coefficient (Wildman–Crippen LogP) is 11.6. The van der Waals surface area contributed by atoms with Crippen LogP contribution in [0.4, 0.5) is 0 Å². The van der Waals surface area contributed by atoms with Gasteiger partial charge >= 0.3 is 0 Å². The number of unbranched alkanes of at least 4 members (excludes halogenated alkanes) is 26. The summed E-state index contributed by atoms with van der Waals surface area (Å²) < 4.78 is 1.10. The standard InChI is InChI=1S/C40H80N.ClH/c1-5-9-13-15-17-19-21-23-25-27-29-31-33-35-39-41(37-11-7-3,38-12-8-4)40-36-34-32-30-28-26-24-22-20-18-16-14-10-6-2;/h35-36,39-40H,5-34,37-38H2,1-4H3;1H/q+1;/p-1. The maximum Gasteiger partial charge on any atom is 0.0964 e. The first kappa shape index (κ1) is 43.9. The highest BCUT2D eigenvalue weighted by Crippen LogP contribution is 2.19. The fourth-order valence-electron chi connectivity index (χ4n) is 6.14. The van der Waals surface area contributed by atoms with E-state index in [1.165, 1.54) is 206 Å². The SMILES string of the molecule is CCCCCCCCCCCCCCC=C[N+](C=CCCCCCCCCCCCCCC)(CCCC)CCCC.[Cl-]. The summed E-state index contributed by atoms with van der Waals surface area (Å²) in [5, 5.41) is 0. The van der Waals surface area contributed by atoms with E-state index >= 15 is 0 Å². The Labute approximate surface area is 274 Å². The minimum absolute atomic E-state index is 0. The molecule has 2 heteroatoms. The van der Waals surface area contributed by atoms with Crippen molar-refractivity contribution in [3.05, 3.63) is 24.6 Å². The molecule has 0 fully saturated rings. The van der Waals surface area contributed by atoms with Crippen LogP contribution >= 0.6 is 0 Å². The minimum atomic E-state index is 0. The molecule has 0 radical (unpaired) electrons. The van der Waals surface area contributed by atoms with E-state index in [4.69, 9.17) is 0 Å². The van der Waals surface area contributed by atoms with Crippen LogP contribution < -0.4 is 12.4 Å². The smallest absolute Gasteiger partial charge is 0.0964 e. The summed E-state index contributed by atoms with van der Waals surface area (Å²) in [6.07, 6.45) is 52.5. The summed E-state index contributed by atoms with van der Waals surface area (Å²) in [5.41, 5.74) is 0. The van der Waals surface area contributed by atoms with Crippen molar-refractivity contribution in [1.82, 2.24) is 0 Å². The molecule has 0 aliphatic heterocycles. The van der Waals surface area contributed by atoms with Gasteiger partial charge in [-0.2, -0.15) is 0 Å². The highest BCUT2D eigenvalue weighted by atomic mass is 35.5. The molecule has 252 valence electrons. The van der Waals surface area contributed by atoms with Crippen LogP contribution in [0.15, 0.2) is 24.6 Å². The average molecular weight is 611 g/mol. The van der Waals surface area contributed by atoms with Gasteiger partial charge in [-0.25, -0.2) is 0 Å². The minimum Gasteiger partial charge on any atom is -1.00 e. The molecule has 0 heterocycles. The van der Waals surface area contributed by atoms with Gasteiger partial charge in [-0.3, -0.25) is 4.48 Å². The second-order valence-electron chi connectivity index (χ2n) is 13.4. The van der Waals surface area contributed by atoms with Crippen molar-refractivity contribution in [3.63, 3.8) is 0 Å². The van der Waals surface area contributed by atoms with Crippen LogP contribution in [0.3, 0.4) is 0 Å². The first-order chi connectivity index (χ1) is 20.2. The van der Waals surface area contributed by atoms with Crippen LogP contribution in [-0.4, -0.2) is 17.6 Å². The summed E-state index contributed by atoms with van der Waals surface area (Å²) in [4.78, 5) is 0. The van der Waals surface area contributed by atoms with Gasteiger partial charge in [-0.05, 0) is 50.7 Å². The van der Waals surface area contributed by atoms with E-state index in [9.17, 15) is 0 Å². The second kappa shape index (κ2) is 36.9. The van der Waals surface area contributed by atoms with Crippen LogP contribution in [0.1, 0.15) is 220 Å². The molecule has 0 unspecified atom stereocenters. The number of hydrogen-bond acceptors (Lipinski definition) is 0. The van der Waals surface area contributed by atoms with Gasteiger partial charge in [-0.15, -0.1) is 0 Å². The lowest BCUT2D eigenvalue weighted by Gasteiger charge is -2.31. The van der Waals surface area contributed by atoms with Gasteiger partial charge in [0.25, 0.3) is 0 Å². The summed E-state index contributed by atoms with van der Waals surface area (Å²) in [6, 6.07) is 0. The van der Waals surface area contributed by atoms with E-state index in [0.717, 1.165) is 4.48 Å². The van der Waals surface area contributed by atoms with E-state index in [2.05, 4.69) is 52.2 Å². The Balaban J connectivity index is 0. The zero-order valence-electron chi connectivity index (χ0n) is 29.8. The van der Waals surface area contributed by atoms with E-state index < -0.39 is 0 Å². The summed E-state index contributed by atoms with van der Waals surface area (Å²) in [7, 11) is 0. The van der Waals surface area contributed by atoms with Crippen LogP contribution in [0.2, 0.25) is 0 Å². The molecule has 0 amide bonds. The highest BCUT2D eigenvalue weighted by molar-refractivity contribution is 4.83. The molecule has 0 spiro atoms. The molecule has 42 heavy (non-hydrogen) atoms. The van der Waals surface area contributed by atoms with Gasteiger partial charge < -0.3 is 12.4 Å².